The predicted molar refractivity (Wildman–Crippen MR) is 99.9 cm³/mol. The van der Waals surface area contributed by atoms with E-state index in [0.29, 0.717) is 40.2 Å². The Morgan fingerprint density at radius 2 is 1.69 bits per heavy atom. The van der Waals surface area contributed by atoms with E-state index in [-0.39, 0.29) is 12.5 Å². The summed E-state index contributed by atoms with van der Waals surface area (Å²) >= 11 is 6.13. The number of rotatable bonds is 8. The second-order valence-electron chi connectivity index (χ2n) is 5.25. The highest BCUT2D eigenvalue weighted by Crippen LogP contribution is 2.39. The van der Waals surface area contributed by atoms with Crippen LogP contribution in [-0.2, 0) is 6.54 Å². The first-order chi connectivity index (χ1) is 12.5. The van der Waals surface area contributed by atoms with E-state index >= 15 is 0 Å². The van der Waals surface area contributed by atoms with Gasteiger partial charge >= 0.3 is 0 Å². The molecule has 7 heteroatoms. The molecule has 2 aromatic carbocycles. The molecule has 140 valence electrons. The highest BCUT2D eigenvalue weighted by molar-refractivity contribution is 6.32. The molecule has 1 N–H and O–H groups in total. The SMILES string of the molecule is CCOc1ccc(C(=O)NCc2ccc(OC)c(OC)c2OC)cc1Cl. The standard InChI is InChI=1S/C19H22ClNO5/c1-5-26-15-8-6-12(10-14(15)20)19(22)21-11-13-7-9-16(23-2)18(25-4)17(13)24-3/h6-10H,5,11H2,1-4H3,(H,21,22). The third-order valence-electron chi connectivity index (χ3n) is 3.72. The van der Waals surface area contributed by atoms with E-state index in [1.807, 2.05) is 13.0 Å². The molecule has 0 fully saturated rings. The fourth-order valence-electron chi connectivity index (χ4n) is 2.49. The van der Waals surface area contributed by atoms with E-state index in [9.17, 15) is 4.79 Å². The summed E-state index contributed by atoms with van der Waals surface area (Å²) in [5.74, 6) is 1.83. The minimum Gasteiger partial charge on any atom is -0.493 e. The normalized spacial score (nSPS) is 10.2. The minimum absolute atomic E-state index is 0.257. The molecule has 0 saturated carbocycles. The third kappa shape index (κ3) is 4.32. The number of ether oxygens (including phenoxy) is 4. The maximum absolute atomic E-state index is 12.4. The number of benzene rings is 2. The van der Waals surface area contributed by atoms with Crippen molar-refractivity contribution in [2.24, 2.45) is 0 Å². The maximum Gasteiger partial charge on any atom is 0.251 e. The van der Waals surface area contributed by atoms with Crippen molar-refractivity contribution in [2.75, 3.05) is 27.9 Å². The van der Waals surface area contributed by atoms with Crippen LogP contribution in [-0.4, -0.2) is 33.8 Å². The molecule has 2 aromatic rings. The van der Waals surface area contributed by atoms with Crippen molar-refractivity contribution in [2.45, 2.75) is 13.5 Å². The summed E-state index contributed by atoms with van der Waals surface area (Å²) in [5.41, 5.74) is 1.20. The number of hydrogen-bond acceptors (Lipinski definition) is 5. The number of carbonyl (C=O) groups is 1. The summed E-state index contributed by atoms with van der Waals surface area (Å²) in [4.78, 5) is 12.4. The second kappa shape index (κ2) is 9.20. The first-order valence-corrected chi connectivity index (χ1v) is 8.41. The number of amides is 1. The van der Waals surface area contributed by atoms with Crippen LogP contribution in [0.4, 0.5) is 0 Å². The van der Waals surface area contributed by atoms with Crippen LogP contribution in [0.1, 0.15) is 22.8 Å². The van der Waals surface area contributed by atoms with E-state index in [1.165, 1.54) is 14.2 Å². The summed E-state index contributed by atoms with van der Waals surface area (Å²) in [6.07, 6.45) is 0. The van der Waals surface area contributed by atoms with Gasteiger partial charge in [0, 0.05) is 17.7 Å². The molecule has 0 bridgehead atoms. The van der Waals surface area contributed by atoms with Crippen molar-refractivity contribution in [3.8, 4) is 23.0 Å². The van der Waals surface area contributed by atoms with Gasteiger partial charge in [-0.15, -0.1) is 0 Å². The summed E-state index contributed by atoms with van der Waals surface area (Å²) in [5, 5.41) is 3.23. The van der Waals surface area contributed by atoms with Crippen molar-refractivity contribution in [3.63, 3.8) is 0 Å². The Morgan fingerprint density at radius 3 is 2.27 bits per heavy atom. The van der Waals surface area contributed by atoms with Crippen LogP contribution in [0, 0.1) is 0 Å². The van der Waals surface area contributed by atoms with Gasteiger partial charge in [0.15, 0.2) is 11.5 Å². The molecule has 0 aromatic heterocycles. The summed E-state index contributed by atoms with van der Waals surface area (Å²) in [6.45, 7) is 2.63. The smallest absolute Gasteiger partial charge is 0.251 e. The lowest BCUT2D eigenvalue weighted by Crippen LogP contribution is -2.23. The topological polar surface area (TPSA) is 66.0 Å². The average Bonchev–Trinajstić information content (AvgIpc) is 2.66. The molecule has 0 radical (unpaired) electrons. The number of halogens is 1. The van der Waals surface area contributed by atoms with Gasteiger partial charge < -0.3 is 24.3 Å². The summed E-state index contributed by atoms with van der Waals surface area (Å²) in [7, 11) is 4.62. The van der Waals surface area contributed by atoms with Crippen LogP contribution >= 0.6 is 11.6 Å². The molecular formula is C19H22ClNO5. The lowest BCUT2D eigenvalue weighted by Gasteiger charge is -2.16. The minimum atomic E-state index is -0.258. The van der Waals surface area contributed by atoms with Crippen LogP contribution in [0.5, 0.6) is 23.0 Å². The van der Waals surface area contributed by atoms with Gasteiger partial charge in [-0.1, -0.05) is 11.6 Å². The quantitative estimate of drug-likeness (QED) is 0.757. The molecule has 6 nitrogen and oxygen atoms in total. The molecule has 0 aliphatic heterocycles. The van der Waals surface area contributed by atoms with Crippen molar-refractivity contribution in [1.29, 1.82) is 0 Å². The van der Waals surface area contributed by atoms with Crippen molar-refractivity contribution >= 4 is 17.5 Å². The van der Waals surface area contributed by atoms with Gasteiger partial charge in [0.1, 0.15) is 5.75 Å². The number of nitrogens with one attached hydrogen (secondary N) is 1. The van der Waals surface area contributed by atoms with Gasteiger partial charge in [0.05, 0.1) is 33.0 Å². The van der Waals surface area contributed by atoms with Crippen molar-refractivity contribution in [1.82, 2.24) is 5.32 Å². The van der Waals surface area contributed by atoms with Crippen LogP contribution in [0.2, 0.25) is 5.02 Å². The van der Waals surface area contributed by atoms with E-state index in [2.05, 4.69) is 5.32 Å². The largest absolute Gasteiger partial charge is 0.493 e. The Balaban J connectivity index is 2.16. The first-order valence-electron chi connectivity index (χ1n) is 8.04. The predicted octanol–water partition coefficient (Wildman–Crippen LogP) is 3.69. The highest BCUT2D eigenvalue weighted by Gasteiger charge is 2.17. The zero-order valence-electron chi connectivity index (χ0n) is 15.2. The van der Waals surface area contributed by atoms with E-state index in [0.717, 1.165) is 5.56 Å². The number of methoxy groups -OCH3 is 3. The molecular weight excluding hydrogens is 358 g/mol. The van der Waals surface area contributed by atoms with Gasteiger partial charge in [0.25, 0.3) is 5.91 Å². The van der Waals surface area contributed by atoms with Gasteiger partial charge in [-0.3, -0.25) is 4.79 Å². The highest BCUT2D eigenvalue weighted by atomic mass is 35.5. The number of carbonyl (C=O) groups excluding carboxylic acids is 1. The molecule has 2 rings (SSSR count). The Kier molecular flexibility index (Phi) is 6.97. The lowest BCUT2D eigenvalue weighted by atomic mass is 10.1. The Morgan fingerprint density at radius 1 is 1.00 bits per heavy atom. The number of hydrogen-bond donors (Lipinski definition) is 1. The average molecular weight is 380 g/mol. The second-order valence-corrected chi connectivity index (χ2v) is 5.66. The monoisotopic (exact) mass is 379 g/mol. The van der Waals surface area contributed by atoms with Crippen LogP contribution in [0.25, 0.3) is 0 Å². The molecule has 0 atom stereocenters. The van der Waals surface area contributed by atoms with Gasteiger partial charge in [-0.25, -0.2) is 0 Å². The third-order valence-corrected chi connectivity index (χ3v) is 4.01. The zero-order chi connectivity index (χ0) is 19.1. The van der Waals surface area contributed by atoms with Crippen molar-refractivity contribution in [3.05, 3.63) is 46.5 Å². The van der Waals surface area contributed by atoms with Crippen LogP contribution in [0.3, 0.4) is 0 Å². The zero-order valence-corrected chi connectivity index (χ0v) is 16.0. The molecule has 0 unspecified atom stereocenters. The first kappa shape index (κ1) is 19.7. The van der Waals surface area contributed by atoms with E-state index in [4.69, 9.17) is 30.5 Å². The maximum atomic E-state index is 12.4. The summed E-state index contributed by atoms with van der Waals surface area (Å²) in [6, 6.07) is 8.49. The van der Waals surface area contributed by atoms with E-state index < -0.39 is 0 Å². The fraction of sp³-hybridized carbons (Fsp3) is 0.316. The molecule has 0 spiro atoms. The Labute approximate surface area is 158 Å². The van der Waals surface area contributed by atoms with Gasteiger partial charge in [-0.05, 0) is 37.3 Å². The Bertz CT molecular complexity index is 779. The molecule has 0 aliphatic carbocycles. The molecule has 0 aliphatic rings. The Hall–Kier alpha value is -2.60. The van der Waals surface area contributed by atoms with Gasteiger partial charge in [-0.2, -0.15) is 0 Å². The summed E-state index contributed by atoms with van der Waals surface area (Å²) < 4.78 is 21.4. The van der Waals surface area contributed by atoms with Crippen LogP contribution < -0.4 is 24.3 Å². The van der Waals surface area contributed by atoms with E-state index in [1.54, 1.807) is 31.4 Å². The fourth-order valence-corrected chi connectivity index (χ4v) is 2.73. The van der Waals surface area contributed by atoms with Crippen molar-refractivity contribution < 1.29 is 23.7 Å². The van der Waals surface area contributed by atoms with Gasteiger partial charge in [0.2, 0.25) is 5.75 Å². The molecule has 0 saturated heterocycles. The molecule has 26 heavy (non-hydrogen) atoms. The molecule has 0 heterocycles. The lowest BCUT2D eigenvalue weighted by molar-refractivity contribution is 0.0950. The molecule has 1 amide bonds. The van der Waals surface area contributed by atoms with Crippen LogP contribution in [0.15, 0.2) is 30.3 Å².